The number of aromatic nitrogens is 2. The number of anilines is 2. The summed E-state index contributed by atoms with van der Waals surface area (Å²) in [5.74, 6) is 0.0914. The zero-order valence-corrected chi connectivity index (χ0v) is 16.2. The number of morpholine rings is 1. The summed E-state index contributed by atoms with van der Waals surface area (Å²) >= 11 is 0. The first kappa shape index (κ1) is 21.1. The maximum Gasteiger partial charge on any atom is 0.421 e. The van der Waals surface area contributed by atoms with Gasteiger partial charge in [0.05, 0.1) is 13.2 Å². The Morgan fingerprint density at radius 1 is 1.21 bits per heavy atom. The Balaban J connectivity index is 1.62. The van der Waals surface area contributed by atoms with Gasteiger partial charge < -0.3 is 20.7 Å². The summed E-state index contributed by atoms with van der Waals surface area (Å²) in [5.41, 5.74) is -0.942. The molecule has 10 heteroatoms. The van der Waals surface area contributed by atoms with Crippen molar-refractivity contribution in [3.05, 3.63) is 11.8 Å². The average Bonchev–Trinajstić information content (AvgIpc) is 3.43. The molecular formula is C18H29F3N6O. The van der Waals surface area contributed by atoms with Crippen LogP contribution in [0, 0.1) is 0 Å². The molecule has 0 amide bonds. The van der Waals surface area contributed by atoms with E-state index in [0.29, 0.717) is 13.0 Å². The standard InChI is InChI=1S/C18H29F3N6O/c1-22-6-2-7-23-15-14(18(19,20)21)13-24-16(25-15)26-17(3-4-17)5-8-27-9-11-28-12-10-27/h13,22H,2-12H2,1H3,(H2,23,24,25,26). The largest absolute Gasteiger partial charge is 0.421 e. The molecule has 1 saturated carbocycles. The first-order valence-electron chi connectivity index (χ1n) is 9.83. The molecular weight excluding hydrogens is 373 g/mol. The molecule has 0 bridgehead atoms. The van der Waals surface area contributed by atoms with Gasteiger partial charge in [-0.3, -0.25) is 4.90 Å². The molecule has 0 spiro atoms. The highest BCUT2D eigenvalue weighted by molar-refractivity contribution is 5.49. The quantitative estimate of drug-likeness (QED) is 0.518. The van der Waals surface area contributed by atoms with Crippen molar-refractivity contribution in [2.75, 3.05) is 63.6 Å². The van der Waals surface area contributed by atoms with Crippen molar-refractivity contribution in [2.24, 2.45) is 0 Å². The third-order valence-electron chi connectivity index (χ3n) is 5.23. The van der Waals surface area contributed by atoms with E-state index < -0.39 is 11.7 Å². The van der Waals surface area contributed by atoms with Crippen LogP contribution in [-0.4, -0.2) is 73.4 Å². The van der Waals surface area contributed by atoms with Crippen LogP contribution in [0.1, 0.15) is 31.2 Å². The Morgan fingerprint density at radius 3 is 2.61 bits per heavy atom. The first-order chi connectivity index (χ1) is 13.4. The van der Waals surface area contributed by atoms with Crippen molar-refractivity contribution in [1.82, 2.24) is 20.2 Å². The molecule has 28 heavy (non-hydrogen) atoms. The number of ether oxygens (including phenoxy) is 1. The van der Waals surface area contributed by atoms with E-state index in [0.717, 1.165) is 64.9 Å². The maximum atomic E-state index is 13.3. The van der Waals surface area contributed by atoms with Crippen LogP contribution in [0.2, 0.25) is 0 Å². The van der Waals surface area contributed by atoms with Gasteiger partial charge in [-0.25, -0.2) is 4.98 Å². The fourth-order valence-corrected chi connectivity index (χ4v) is 3.28. The normalized spacial score (nSPS) is 19.4. The van der Waals surface area contributed by atoms with Gasteiger partial charge >= 0.3 is 6.18 Å². The second-order valence-corrected chi connectivity index (χ2v) is 7.45. The predicted octanol–water partition coefficient (Wildman–Crippen LogP) is 2.18. The molecule has 2 fully saturated rings. The summed E-state index contributed by atoms with van der Waals surface area (Å²) in [6.07, 6.45) is -0.0447. The SMILES string of the molecule is CNCCCNc1nc(NC2(CCN3CCOCC3)CC2)ncc1C(F)(F)F. The van der Waals surface area contributed by atoms with Gasteiger partial charge in [-0.1, -0.05) is 0 Å². The fourth-order valence-electron chi connectivity index (χ4n) is 3.28. The molecule has 1 aromatic rings. The van der Waals surface area contributed by atoms with E-state index in [9.17, 15) is 13.2 Å². The van der Waals surface area contributed by atoms with Gasteiger partial charge in [-0.15, -0.1) is 0 Å². The van der Waals surface area contributed by atoms with Crippen molar-refractivity contribution < 1.29 is 17.9 Å². The van der Waals surface area contributed by atoms with Crippen LogP contribution >= 0.6 is 0 Å². The van der Waals surface area contributed by atoms with E-state index in [1.54, 1.807) is 7.05 Å². The van der Waals surface area contributed by atoms with Crippen LogP contribution in [-0.2, 0) is 10.9 Å². The summed E-state index contributed by atoms with van der Waals surface area (Å²) in [6, 6.07) is 0. The number of hydrogen-bond donors (Lipinski definition) is 3. The average molecular weight is 402 g/mol. The molecule has 0 aromatic carbocycles. The van der Waals surface area contributed by atoms with Gasteiger partial charge in [-0.2, -0.15) is 18.2 Å². The molecule has 1 aromatic heterocycles. The lowest BCUT2D eigenvalue weighted by atomic mass is 10.1. The Hall–Kier alpha value is -1.65. The summed E-state index contributed by atoms with van der Waals surface area (Å²) in [6.45, 7) is 5.42. The molecule has 1 saturated heterocycles. The lowest BCUT2D eigenvalue weighted by Gasteiger charge is -2.28. The minimum absolute atomic E-state index is 0.110. The molecule has 3 N–H and O–H groups in total. The van der Waals surface area contributed by atoms with Crippen LogP contribution in [0.15, 0.2) is 6.20 Å². The molecule has 1 aliphatic heterocycles. The molecule has 0 unspecified atom stereocenters. The molecule has 0 radical (unpaired) electrons. The minimum Gasteiger partial charge on any atom is -0.379 e. The molecule has 2 heterocycles. The summed E-state index contributed by atoms with van der Waals surface area (Å²) < 4.78 is 45.2. The van der Waals surface area contributed by atoms with E-state index in [-0.39, 0.29) is 17.3 Å². The zero-order chi connectivity index (χ0) is 20.0. The number of hydrogen-bond acceptors (Lipinski definition) is 7. The van der Waals surface area contributed by atoms with Gasteiger partial charge in [0.25, 0.3) is 0 Å². The lowest BCUT2D eigenvalue weighted by Crippen LogP contribution is -2.39. The minimum atomic E-state index is -4.49. The monoisotopic (exact) mass is 402 g/mol. The highest BCUT2D eigenvalue weighted by atomic mass is 19.4. The Bertz CT molecular complexity index is 632. The summed E-state index contributed by atoms with van der Waals surface area (Å²) in [7, 11) is 1.81. The number of nitrogens with one attached hydrogen (secondary N) is 3. The van der Waals surface area contributed by atoms with Crippen molar-refractivity contribution in [3.8, 4) is 0 Å². The van der Waals surface area contributed by atoms with Crippen molar-refractivity contribution in [2.45, 2.75) is 37.4 Å². The first-order valence-corrected chi connectivity index (χ1v) is 9.83. The van der Waals surface area contributed by atoms with Crippen LogP contribution in [0.4, 0.5) is 24.9 Å². The Kier molecular flexibility index (Phi) is 6.95. The van der Waals surface area contributed by atoms with Crippen LogP contribution in [0.25, 0.3) is 0 Å². The van der Waals surface area contributed by atoms with E-state index in [1.165, 1.54) is 0 Å². The van der Waals surface area contributed by atoms with Gasteiger partial charge in [0, 0.05) is 37.9 Å². The van der Waals surface area contributed by atoms with E-state index >= 15 is 0 Å². The summed E-state index contributed by atoms with van der Waals surface area (Å²) in [5, 5.41) is 9.07. The lowest BCUT2D eigenvalue weighted by molar-refractivity contribution is -0.137. The second-order valence-electron chi connectivity index (χ2n) is 7.45. The van der Waals surface area contributed by atoms with Gasteiger partial charge in [0.15, 0.2) is 0 Å². The van der Waals surface area contributed by atoms with E-state index in [1.807, 2.05) is 0 Å². The smallest absolute Gasteiger partial charge is 0.379 e. The second kappa shape index (κ2) is 9.23. The fraction of sp³-hybridized carbons (Fsp3) is 0.778. The van der Waals surface area contributed by atoms with Crippen molar-refractivity contribution >= 4 is 11.8 Å². The zero-order valence-electron chi connectivity index (χ0n) is 16.2. The Morgan fingerprint density at radius 2 is 1.96 bits per heavy atom. The molecule has 2 aliphatic rings. The highest BCUT2D eigenvalue weighted by Gasteiger charge is 2.43. The van der Waals surface area contributed by atoms with Crippen LogP contribution in [0.3, 0.4) is 0 Å². The van der Waals surface area contributed by atoms with Crippen LogP contribution < -0.4 is 16.0 Å². The number of rotatable bonds is 10. The van der Waals surface area contributed by atoms with Crippen molar-refractivity contribution in [1.29, 1.82) is 0 Å². The number of alkyl halides is 3. The van der Waals surface area contributed by atoms with E-state index in [4.69, 9.17) is 4.74 Å². The molecule has 7 nitrogen and oxygen atoms in total. The third-order valence-corrected chi connectivity index (χ3v) is 5.23. The maximum absolute atomic E-state index is 13.3. The molecule has 1 aliphatic carbocycles. The predicted molar refractivity (Wildman–Crippen MR) is 102 cm³/mol. The molecule has 3 rings (SSSR count). The van der Waals surface area contributed by atoms with Crippen LogP contribution in [0.5, 0.6) is 0 Å². The van der Waals surface area contributed by atoms with E-state index in [2.05, 4.69) is 30.8 Å². The van der Waals surface area contributed by atoms with Gasteiger partial charge in [0.1, 0.15) is 11.4 Å². The number of nitrogens with zero attached hydrogens (tertiary/aromatic N) is 3. The highest BCUT2D eigenvalue weighted by Crippen LogP contribution is 2.42. The summed E-state index contributed by atoms with van der Waals surface area (Å²) in [4.78, 5) is 10.4. The molecule has 158 valence electrons. The number of halogens is 3. The van der Waals surface area contributed by atoms with Crippen molar-refractivity contribution in [3.63, 3.8) is 0 Å². The molecule has 0 atom stereocenters. The Labute approximate surface area is 163 Å². The van der Waals surface area contributed by atoms with Gasteiger partial charge in [-0.05, 0) is 39.3 Å². The topological polar surface area (TPSA) is 74.3 Å². The third kappa shape index (κ3) is 5.92. The van der Waals surface area contributed by atoms with Gasteiger partial charge in [0.2, 0.25) is 5.95 Å².